The molecule has 0 aliphatic carbocycles. The van der Waals surface area contributed by atoms with E-state index in [1.165, 1.54) is 0 Å². The molecule has 0 fully saturated rings. The predicted molar refractivity (Wildman–Crippen MR) is 140 cm³/mol. The third kappa shape index (κ3) is 6.67. The molecule has 2 aromatic rings. The first kappa shape index (κ1) is 24.1. The topological polar surface area (TPSA) is 31.2 Å². The van der Waals surface area contributed by atoms with Gasteiger partial charge in [0.2, 0.25) is 0 Å². The van der Waals surface area contributed by atoms with Crippen molar-refractivity contribution in [2.45, 2.75) is 66.0 Å². The molecule has 2 aromatic carbocycles. The van der Waals surface area contributed by atoms with Gasteiger partial charge in [-0.25, -0.2) is 0 Å². The van der Waals surface area contributed by atoms with Crippen molar-refractivity contribution in [2.24, 2.45) is 10.2 Å². The van der Waals surface area contributed by atoms with Gasteiger partial charge in [-0.2, -0.15) is 10.2 Å². The number of rotatable bonds is 9. The molecule has 30 heavy (non-hydrogen) atoms. The molecule has 0 radical (unpaired) electrons. The number of hydrogen-bond donors (Lipinski definition) is 0. The second-order valence-electron chi connectivity index (χ2n) is 9.62. The molecule has 0 aliphatic rings. The highest BCUT2D eigenvalue weighted by molar-refractivity contribution is 6.80. The van der Waals surface area contributed by atoms with Gasteiger partial charge >= 0.3 is 0 Å². The van der Waals surface area contributed by atoms with Crippen LogP contribution in [0.2, 0.25) is 39.3 Å². The van der Waals surface area contributed by atoms with Crippen molar-refractivity contribution < 1.29 is 0 Å². The fourth-order valence-electron chi connectivity index (χ4n) is 3.20. The zero-order valence-electron chi connectivity index (χ0n) is 20.0. The van der Waals surface area contributed by atoms with Crippen molar-refractivity contribution in [2.75, 3.05) is 9.35 Å². The second kappa shape index (κ2) is 10.2. The fourth-order valence-corrected chi connectivity index (χ4v) is 5.91. The third-order valence-corrected chi connectivity index (χ3v) is 7.91. The van der Waals surface area contributed by atoms with Crippen LogP contribution < -0.4 is 9.35 Å². The lowest BCUT2D eigenvalue weighted by Crippen LogP contribution is -2.45. The molecule has 0 atom stereocenters. The molecule has 4 nitrogen and oxygen atoms in total. The van der Waals surface area contributed by atoms with Gasteiger partial charge in [-0.05, 0) is 76.9 Å². The molecule has 0 saturated carbocycles. The summed E-state index contributed by atoms with van der Waals surface area (Å²) in [6.07, 6.45) is 1.95. The van der Waals surface area contributed by atoms with Gasteiger partial charge in [-0.3, -0.25) is 9.35 Å². The van der Waals surface area contributed by atoms with E-state index >= 15 is 0 Å². The number of para-hydroxylation sites is 2. The van der Waals surface area contributed by atoms with Crippen LogP contribution in [0.3, 0.4) is 0 Å². The molecule has 0 bridgehead atoms. The molecule has 0 aliphatic heterocycles. The monoisotopic (exact) mass is 438 g/mol. The zero-order chi connectivity index (χ0) is 22.4. The molecule has 0 spiro atoms. The summed E-state index contributed by atoms with van der Waals surface area (Å²) in [6.45, 7) is 18.3. The Balaban J connectivity index is 2.53. The first-order chi connectivity index (χ1) is 14.0. The maximum absolute atomic E-state index is 5.21. The Bertz CT molecular complexity index is 850. The van der Waals surface area contributed by atoms with Gasteiger partial charge in [0.25, 0.3) is 0 Å². The summed E-state index contributed by atoms with van der Waals surface area (Å²) >= 11 is 0. The summed E-state index contributed by atoms with van der Waals surface area (Å²) in [5.41, 5.74) is 4.38. The van der Waals surface area contributed by atoms with E-state index in [-0.39, 0.29) is 0 Å². The van der Waals surface area contributed by atoms with Gasteiger partial charge in [0, 0.05) is 11.4 Å². The van der Waals surface area contributed by atoms with Gasteiger partial charge in [-0.15, -0.1) is 0 Å². The minimum Gasteiger partial charge on any atom is -0.295 e. The van der Waals surface area contributed by atoms with Gasteiger partial charge in [0.15, 0.2) is 16.5 Å². The minimum atomic E-state index is -1.72. The molecule has 0 aromatic heterocycles. The maximum Gasteiger partial charge on any atom is 0.176 e. The highest BCUT2D eigenvalue weighted by atomic mass is 28.3. The van der Waals surface area contributed by atoms with Gasteiger partial charge < -0.3 is 0 Å². The summed E-state index contributed by atoms with van der Waals surface area (Å²) in [5, 5.41) is 10.3. The van der Waals surface area contributed by atoms with E-state index in [4.69, 9.17) is 10.2 Å². The Labute approximate surface area is 185 Å². The van der Waals surface area contributed by atoms with Crippen molar-refractivity contribution in [3.8, 4) is 0 Å². The van der Waals surface area contributed by atoms with Crippen molar-refractivity contribution in [1.82, 2.24) is 0 Å². The second-order valence-corrected chi connectivity index (χ2v) is 19.1. The Morgan fingerprint density at radius 3 is 1.47 bits per heavy atom. The SMILES string of the molecule is CCCC(=N\N(c1ccccc1)[Si](C)(C)C)/C(C)=N/N(c1ccccc1)[Si](C)(C)C. The average molecular weight is 439 g/mol. The smallest absolute Gasteiger partial charge is 0.176 e. The van der Waals surface area contributed by atoms with E-state index in [9.17, 15) is 0 Å². The van der Waals surface area contributed by atoms with Crippen LogP contribution in [-0.2, 0) is 0 Å². The van der Waals surface area contributed by atoms with E-state index in [2.05, 4.69) is 123 Å². The van der Waals surface area contributed by atoms with Crippen LogP contribution in [0.15, 0.2) is 70.9 Å². The van der Waals surface area contributed by atoms with E-state index in [1.807, 2.05) is 0 Å². The van der Waals surface area contributed by atoms with Crippen LogP contribution in [-0.4, -0.2) is 27.9 Å². The Hall–Kier alpha value is -2.19. The van der Waals surface area contributed by atoms with Gasteiger partial charge in [0.05, 0.1) is 11.4 Å². The molecular formula is C24H38N4Si2. The summed E-state index contributed by atoms with van der Waals surface area (Å²) in [4.78, 5) is 0. The Kier molecular flexibility index (Phi) is 8.20. The number of anilines is 2. The summed E-state index contributed by atoms with van der Waals surface area (Å²) < 4.78 is 4.51. The van der Waals surface area contributed by atoms with Crippen molar-refractivity contribution in [3.63, 3.8) is 0 Å². The van der Waals surface area contributed by atoms with E-state index in [1.54, 1.807) is 0 Å². The zero-order valence-corrected chi connectivity index (χ0v) is 22.0. The van der Waals surface area contributed by atoms with E-state index in [0.29, 0.717) is 0 Å². The molecule has 0 saturated heterocycles. The molecule has 0 N–H and O–H groups in total. The molecule has 0 amide bonds. The highest BCUT2D eigenvalue weighted by Crippen LogP contribution is 2.24. The first-order valence-electron chi connectivity index (χ1n) is 10.9. The largest absolute Gasteiger partial charge is 0.295 e. The first-order valence-corrected chi connectivity index (χ1v) is 17.8. The summed E-state index contributed by atoms with van der Waals surface area (Å²) in [7, 11) is -3.43. The van der Waals surface area contributed by atoms with Crippen LogP contribution in [0.1, 0.15) is 26.7 Å². The van der Waals surface area contributed by atoms with Crippen molar-refractivity contribution in [3.05, 3.63) is 60.7 Å². The lowest BCUT2D eigenvalue weighted by atomic mass is 10.1. The Morgan fingerprint density at radius 2 is 1.10 bits per heavy atom. The molecule has 2 rings (SSSR count). The summed E-state index contributed by atoms with van der Waals surface area (Å²) in [6, 6.07) is 21.0. The van der Waals surface area contributed by atoms with Crippen LogP contribution in [0.5, 0.6) is 0 Å². The molecule has 6 heteroatoms. The maximum atomic E-state index is 5.21. The molecule has 0 heterocycles. The standard InChI is InChI=1S/C24H38N4Si2/c1-9-16-24(26-28(30(6,7)8)23-19-14-11-15-20-23)21(2)25-27(29(3,4)5)22-17-12-10-13-18-22/h10-15,17-20H,9,16H2,1-8H3/b25-21+,26-24+. The fraction of sp³-hybridized carbons (Fsp3) is 0.417. The number of hydrogen-bond acceptors (Lipinski definition) is 4. The number of nitrogens with zero attached hydrogens (tertiary/aromatic N) is 4. The highest BCUT2D eigenvalue weighted by Gasteiger charge is 2.27. The minimum absolute atomic E-state index is 0.914. The Morgan fingerprint density at radius 1 is 0.700 bits per heavy atom. The van der Waals surface area contributed by atoms with Crippen molar-refractivity contribution >= 4 is 39.3 Å². The third-order valence-electron chi connectivity index (χ3n) is 4.65. The average Bonchev–Trinajstić information content (AvgIpc) is 2.68. The van der Waals surface area contributed by atoms with E-state index < -0.39 is 16.5 Å². The normalized spacial score (nSPS) is 13.3. The van der Waals surface area contributed by atoms with Crippen molar-refractivity contribution in [1.29, 1.82) is 0 Å². The molecule has 162 valence electrons. The number of hydrazone groups is 2. The van der Waals surface area contributed by atoms with E-state index in [0.717, 1.165) is 35.6 Å². The number of benzene rings is 2. The lowest BCUT2D eigenvalue weighted by molar-refractivity contribution is 0.980. The van der Waals surface area contributed by atoms with Gasteiger partial charge in [-0.1, -0.05) is 49.7 Å². The van der Waals surface area contributed by atoms with Crippen LogP contribution in [0.25, 0.3) is 0 Å². The van der Waals surface area contributed by atoms with Crippen LogP contribution in [0.4, 0.5) is 11.4 Å². The molecular weight excluding hydrogens is 400 g/mol. The predicted octanol–water partition coefficient (Wildman–Crippen LogP) is 7.20. The van der Waals surface area contributed by atoms with Crippen LogP contribution >= 0.6 is 0 Å². The molecule has 0 unspecified atom stereocenters. The quantitative estimate of drug-likeness (QED) is 0.235. The lowest BCUT2D eigenvalue weighted by Gasteiger charge is -2.34. The van der Waals surface area contributed by atoms with Gasteiger partial charge in [0.1, 0.15) is 0 Å². The van der Waals surface area contributed by atoms with Crippen LogP contribution in [0, 0.1) is 0 Å². The summed E-state index contributed by atoms with van der Waals surface area (Å²) in [5.74, 6) is 0.